The van der Waals surface area contributed by atoms with Gasteiger partial charge in [0, 0.05) is 0 Å². The Labute approximate surface area is 101 Å². The van der Waals surface area contributed by atoms with Crippen molar-refractivity contribution < 1.29 is 58.2 Å². The van der Waals surface area contributed by atoms with Crippen LogP contribution in [0.2, 0.25) is 0 Å². The Morgan fingerprint density at radius 2 is 1.88 bits per heavy atom. The van der Waals surface area contributed by atoms with Gasteiger partial charge in [0.2, 0.25) is 0 Å². The van der Waals surface area contributed by atoms with Crippen LogP contribution in [0.5, 0.6) is 0 Å². The fourth-order valence-corrected chi connectivity index (χ4v) is 0.300. The van der Waals surface area contributed by atoms with Gasteiger partial charge in [-0.1, -0.05) is 0 Å². The van der Waals surface area contributed by atoms with E-state index in [4.69, 9.17) is 0 Å². The molecule has 0 aliphatic rings. The van der Waals surface area contributed by atoms with Crippen molar-refractivity contribution in [1.82, 2.24) is 4.90 Å². The number of nitrogens with zero attached hydrogens (tertiary/aromatic N) is 2. The van der Waals surface area contributed by atoms with Gasteiger partial charge >= 0.3 is 58.2 Å². The Kier molecular flexibility index (Phi) is 13.5. The molecule has 0 radical (unpaired) electrons. The fraction of sp³-hybridized carbons (Fsp3) is 1.00. The van der Waals surface area contributed by atoms with Crippen LogP contribution in [0.3, 0.4) is 0 Å². The van der Waals surface area contributed by atoms with E-state index in [9.17, 15) is 0 Å². The zero-order valence-electron chi connectivity index (χ0n) is 6.31. The number of hydrogen-bond acceptors (Lipinski definition) is 1. The first-order valence-corrected chi connectivity index (χ1v) is 2.47. The van der Waals surface area contributed by atoms with E-state index >= 15 is 0 Å². The number of likely N-dealkylation sites (N-methyl/N-ethyl adjacent to an activating group) is 2. The molecule has 0 unspecified atom stereocenters. The molecule has 0 aromatic heterocycles. The second kappa shape index (κ2) is 8.73. The maximum absolute atomic E-state index is 3.93. The predicted octanol–water partition coefficient (Wildman–Crippen LogP) is -2.44. The maximum Gasteiger partial charge on any atom is 1.00 e. The van der Waals surface area contributed by atoms with Crippen molar-refractivity contribution in [2.45, 2.75) is 0 Å². The van der Waals surface area contributed by atoms with Gasteiger partial charge < -0.3 is 10.2 Å². The minimum absolute atomic E-state index is 0. The third kappa shape index (κ3) is 10.7. The van der Waals surface area contributed by atoms with Crippen LogP contribution in [0.1, 0.15) is 0 Å². The van der Waals surface area contributed by atoms with Gasteiger partial charge in [0.1, 0.15) is 0 Å². The molecule has 44 valence electrons. The van der Waals surface area contributed by atoms with Crippen LogP contribution in [0, 0.1) is 0 Å². The van der Waals surface area contributed by atoms with Gasteiger partial charge in [0.25, 0.3) is 0 Å². The van der Waals surface area contributed by atoms with Gasteiger partial charge in [-0.05, 0) is 20.6 Å². The summed E-state index contributed by atoms with van der Waals surface area (Å²) in [7, 11) is 5.93. The molecule has 0 bridgehead atoms. The van der Waals surface area contributed by atoms with Crippen molar-refractivity contribution in [3.63, 3.8) is 0 Å². The molecule has 0 heterocycles. The standard InChI is InChI=1S/C5H13N2.Rb/c1-6-4-5-7(2)3;/h4-5H2,1-3H3;/q-1;+1. The zero-order valence-corrected chi connectivity index (χ0v) is 11.2. The Balaban J connectivity index is 0. The fourth-order valence-electron chi connectivity index (χ4n) is 0.300. The molecule has 0 aromatic carbocycles. The minimum Gasteiger partial charge on any atom is -0.664 e. The van der Waals surface area contributed by atoms with Crippen LogP contribution in [0.4, 0.5) is 0 Å². The van der Waals surface area contributed by atoms with E-state index < -0.39 is 0 Å². The SMILES string of the molecule is C[N-]CCN(C)C.[Rb+]. The van der Waals surface area contributed by atoms with E-state index in [2.05, 4.69) is 10.2 Å². The van der Waals surface area contributed by atoms with E-state index in [1.165, 1.54) is 0 Å². The summed E-state index contributed by atoms with van der Waals surface area (Å²) in [6.07, 6.45) is 0. The average Bonchev–Trinajstić information content (AvgIpc) is 1.61. The Morgan fingerprint density at radius 1 is 1.38 bits per heavy atom. The van der Waals surface area contributed by atoms with Gasteiger partial charge in [0.15, 0.2) is 0 Å². The molecule has 0 saturated heterocycles. The number of hydrogen-bond donors (Lipinski definition) is 0. The first kappa shape index (κ1) is 12.4. The van der Waals surface area contributed by atoms with Crippen molar-refractivity contribution in [3.05, 3.63) is 5.32 Å². The molecule has 0 aromatic rings. The van der Waals surface area contributed by atoms with E-state index in [0.717, 1.165) is 13.1 Å². The summed E-state index contributed by atoms with van der Waals surface area (Å²) < 4.78 is 0. The van der Waals surface area contributed by atoms with Crippen molar-refractivity contribution in [3.8, 4) is 0 Å². The van der Waals surface area contributed by atoms with Gasteiger partial charge in [-0.25, -0.2) is 0 Å². The third-order valence-electron chi connectivity index (χ3n) is 0.771. The molecule has 0 saturated carbocycles. The van der Waals surface area contributed by atoms with E-state index in [1.54, 1.807) is 0 Å². The topological polar surface area (TPSA) is 17.3 Å². The van der Waals surface area contributed by atoms with Crippen LogP contribution >= 0.6 is 0 Å². The summed E-state index contributed by atoms with van der Waals surface area (Å²) in [6, 6.07) is 0. The molecule has 3 heteroatoms. The van der Waals surface area contributed by atoms with Crippen LogP contribution < -0.4 is 58.2 Å². The molecule has 0 N–H and O–H groups in total. The summed E-state index contributed by atoms with van der Waals surface area (Å²) in [6.45, 7) is 2.02. The average molecular weight is 187 g/mol. The molecule has 0 aliphatic carbocycles. The molecular weight excluding hydrogens is 174 g/mol. The van der Waals surface area contributed by atoms with E-state index in [-0.39, 0.29) is 58.2 Å². The Bertz CT molecular complexity index is 39.4. The Morgan fingerprint density at radius 3 is 2.00 bits per heavy atom. The molecule has 0 atom stereocenters. The molecule has 2 nitrogen and oxygen atoms in total. The van der Waals surface area contributed by atoms with Gasteiger partial charge in [-0.3, -0.25) is 0 Å². The second-order valence-corrected chi connectivity index (χ2v) is 1.84. The van der Waals surface area contributed by atoms with Crippen molar-refractivity contribution in [2.24, 2.45) is 0 Å². The third-order valence-corrected chi connectivity index (χ3v) is 0.771. The first-order valence-electron chi connectivity index (χ1n) is 2.47. The molecule has 0 aliphatic heterocycles. The molecule has 0 amide bonds. The van der Waals surface area contributed by atoms with Gasteiger partial charge in [0.05, 0.1) is 0 Å². The van der Waals surface area contributed by atoms with Gasteiger partial charge in [-0.2, -0.15) is 7.05 Å². The predicted molar refractivity (Wildman–Crippen MR) is 32.7 cm³/mol. The van der Waals surface area contributed by atoms with Crippen molar-refractivity contribution in [1.29, 1.82) is 0 Å². The maximum atomic E-state index is 3.93. The Hall–Kier alpha value is 1.73. The van der Waals surface area contributed by atoms with Gasteiger partial charge in [-0.15, -0.1) is 6.54 Å². The van der Waals surface area contributed by atoms with Crippen LogP contribution in [-0.2, 0) is 0 Å². The van der Waals surface area contributed by atoms with E-state index in [1.807, 2.05) is 21.1 Å². The van der Waals surface area contributed by atoms with Crippen molar-refractivity contribution in [2.75, 3.05) is 34.2 Å². The normalized spacial score (nSPS) is 9.00. The first-order chi connectivity index (χ1) is 3.27. The monoisotopic (exact) mass is 186 g/mol. The smallest absolute Gasteiger partial charge is 0.664 e. The minimum atomic E-state index is 0. The molecule has 0 fully saturated rings. The molecule has 0 rings (SSSR count). The van der Waals surface area contributed by atoms with Crippen LogP contribution in [-0.4, -0.2) is 39.1 Å². The summed E-state index contributed by atoms with van der Waals surface area (Å²) in [5, 5.41) is 3.93. The molecule has 0 spiro atoms. The van der Waals surface area contributed by atoms with Crippen LogP contribution in [0.15, 0.2) is 0 Å². The zero-order chi connectivity index (χ0) is 5.70. The van der Waals surface area contributed by atoms with Crippen LogP contribution in [0.25, 0.3) is 5.32 Å². The molecular formula is C5H13N2Rb. The second-order valence-electron chi connectivity index (χ2n) is 1.84. The largest absolute Gasteiger partial charge is 1.00 e. The summed E-state index contributed by atoms with van der Waals surface area (Å²) in [4.78, 5) is 2.12. The van der Waals surface area contributed by atoms with Crippen molar-refractivity contribution >= 4 is 0 Å². The number of rotatable bonds is 3. The van der Waals surface area contributed by atoms with E-state index in [0.29, 0.717) is 0 Å². The summed E-state index contributed by atoms with van der Waals surface area (Å²) >= 11 is 0. The molecule has 8 heavy (non-hydrogen) atoms. The quantitative estimate of drug-likeness (QED) is 0.479. The summed E-state index contributed by atoms with van der Waals surface area (Å²) in [5.41, 5.74) is 0. The summed E-state index contributed by atoms with van der Waals surface area (Å²) in [5.74, 6) is 0.